The summed E-state index contributed by atoms with van der Waals surface area (Å²) in [5.41, 5.74) is 0.946. The van der Waals surface area contributed by atoms with Gasteiger partial charge in [-0.2, -0.15) is 4.98 Å². The molecular weight excluding hydrogens is 467 g/mol. The molecule has 1 aromatic carbocycles. The van der Waals surface area contributed by atoms with E-state index in [4.69, 9.17) is 23.2 Å². The van der Waals surface area contributed by atoms with Crippen LogP contribution in [0.4, 0.5) is 29.0 Å². The third-order valence-corrected chi connectivity index (χ3v) is 5.71. The maximum Gasteiger partial charge on any atom is 0.287 e. The minimum atomic E-state index is -0.477. The van der Waals surface area contributed by atoms with Gasteiger partial charge in [0.25, 0.3) is 5.69 Å². The van der Waals surface area contributed by atoms with E-state index in [1.807, 2.05) is 18.2 Å². The van der Waals surface area contributed by atoms with Crippen molar-refractivity contribution in [3.8, 4) is 0 Å². The van der Waals surface area contributed by atoms with Crippen LogP contribution >= 0.6 is 23.2 Å². The number of hydrogen-bond acceptors (Lipinski definition) is 9. The van der Waals surface area contributed by atoms with E-state index in [2.05, 4.69) is 35.4 Å². The van der Waals surface area contributed by atoms with Crippen molar-refractivity contribution in [2.75, 3.05) is 59.7 Å². The van der Waals surface area contributed by atoms with Gasteiger partial charge in [0, 0.05) is 56.6 Å². The van der Waals surface area contributed by atoms with Crippen LogP contribution < -0.4 is 20.4 Å². The fraction of sp³-hybridized carbons (Fsp3) is 0.286. The molecule has 0 radical (unpaired) electrons. The van der Waals surface area contributed by atoms with Crippen LogP contribution in [0.3, 0.4) is 0 Å². The molecule has 3 heterocycles. The number of nitrogens with one attached hydrogen (secondary N) is 2. The Morgan fingerprint density at radius 3 is 2.42 bits per heavy atom. The lowest BCUT2D eigenvalue weighted by molar-refractivity contribution is -0.385. The summed E-state index contributed by atoms with van der Waals surface area (Å²) in [6.07, 6.45) is 2.96. The summed E-state index contributed by atoms with van der Waals surface area (Å²) in [5, 5.41) is 18.2. The molecule has 2 aromatic heterocycles. The first-order valence-electron chi connectivity index (χ1n) is 10.4. The number of pyridine rings is 1. The van der Waals surface area contributed by atoms with E-state index < -0.39 is 4.92 Å². The third-order valence-electron chi connectivity index (χ3n) is 5.17. The highest BCUT2D eigenvalue weighted by Gasteiger charge is 2.20. The van der Waals surface area contributed by atoms with Crippen molar-refractivity contribution in [3.05, 3.63) is 69.0 Å². The SMILES string of the molecule is O=[N+]([O-])c1ccc(NCCNc2nccc(N3CCN(c4ccc(Cl)cc4Cl)CC3)n2)nc1. The number of nitro groups is 1. The summed E-state index contributed by atoms with van der Waals surface area (Å²) < 4.78 is 0. The van der Waals surface area contributed by atoms with E-state index in [1.165, 1.54) is 12.3 Å². The number of aromatic nitrogens is 3. The van der Waals surface area contributed by atoms with E-state index >= 15 is 0 Å². The fourth-order valence-corrected chi connectivity index (χ4v) is 4.02. The van der Waals surface area contributed by atoms with Gasteiger partial charge in [-0.25, -0.2) is 9.97 Å². The summed E-state index contributed by atoms with van der Waals surface area (Å²) >= 11 is 12.4. The lowest BCUT2D eigenvalue weighted by atomic mass is 10.2. The zero-order valence-electron chi connectivity index (χ0n) is 17.6. The van der Waals surface area contributed by atoms with Crippen molar-refractivity contribution in [1.29, 1.82) is 0 Å². The molecule has 3 aromatic rings. The predicted octanol–water partition coefficient (Wildman–Crippen LogP) is 3.94. The fourth-order valence-electron chi connectivity index (χ4n) is 3.49. The topological polar surface area (TPSA) is 112 Å². The number of halogens is 2. The van der Waals surface area contributed by atoms with Crippen LogP contribution in [0.5, 0.6) is 0 Å². The van der Waals surface area contributed by atoms with Gasteiger partial charge in [0.15, 0.2) is 0 Å². The maximum absolute atomic E-state index is 10.7. The molecule has 2 N–H and O–H groups in total. The van der Waals surface area contributed by atoms with E-state index in [0.29, 0.717) is 34.9 Å². The number of piperazine rings is 1. The minimum absolute atomic E-state index is 0.0408. The summed E-state index contributed by atoms with van der Waals surface area (Å²) in [6.45, 7) is 4.37. The van der Waals surface area contributed by atoms with Gasteiger partial charge < -0.3 is 20.4 Å². The summed E-state index contributed by atoms with van der Waals surface area (Å²) in [6, 6.07) is 10.5. The Morgan fingerprint density at radius 2 is 1.73 bits per heavy atom. The normalized spacial score (nSPS) is 13.6. The largest absolute Gasteiger partial charge is 0.368 e. The number of benzene rings is 1. The number of hydrogen-bond donors (Lipinski definition) is 2. The molecule has 0 bridgehead atoms. The lowest BCUT2D eigenvalue weighted by Gasteiger charge is -2.37. The molecule has 0 saturated carbocycles. The Kier molecular flexibility index (Phi) is 7.26. The van der Waals surface area contributed by atoms with Gasteiger partial charge in [0.2, 0.25) is 5.95 Å². The first-order chi connectivity index (χ1) is 16.0. The number of nitrogens with zero attached hydrogens (tertiary/aromatic N) is 6. The Labute approximate surface area is 200 Å². The van der Waals surface area contributed by atoms with Crippen LogP contribution in [0.15, 0.2) is 48.8 Å². The summed E-state index contributed by atoms with van der Waals surface area (Å²) in [7, 11) is 0. The smallest absolute Gasteiger partial charge is 0.287 e. The second-order valence-corrected chi connectivity index (χ2v) is 8.16. The monoisotopic (exact) mass is 488 g/mol. The minimum Gasteiger partial charge on any atom is -0.368 e. The predicted molar refractivity (Wildman–Crippen MR) is 131 cm³/mol. The van der Waals surface area contributed by atoms with Crippen LogP contribution in [0.1, 0.15) is 0 Å². The molecule has 1 aliphatic heterocycles. The van der Waals surface area contributed by atoms with Crippen LogP contribution in [0, 0.1) is 10.1 Å². The quantitative estimate of drug-likeness (QED) is 0.276. The highest BCUT2D eigenvalue weighted by atomic mass is 35.5. The van der Waals surface area contributed by atoms with Crippen molar-refractivity contribution in [1.82, 2.24) is 15.0 Å². The second-order valence-electron chi connectivity index (χ2n) is 7.32. The van der Waals surface area contributed by atoms with Crippen molar-refractivity contribution in [2.24, 2.45) is 0 Å². The molecule has 33 heavy (non-hydrogen) atoms. The molecule has 1 aliphatic rings. The van der Waals surface area contributed by atoms with Crippen molar-refractivity contribution < 1.29 is 4.92 Å². The summed E-state index contributed by atoms with van der Waals surface area (Å²) in [4.78, 5) is 27.6. The van der Waals surface area contributed by atoms with E-state index in [-0.39, 0.29) is 5.69 Å². The van der Waals surface area contributed by atoms with Gasteiger partial charge in [-0.3, -0.25) is 10.1 Å². The van der Waals surface area contributed by atoms with Gasteiger partial charge in [-0.1, -0.05) is 23.2 Å². The Morgan fingerprint density at radius 1 is 0.970 bits per heavy atom. The van der Waals surface area contributed by atoms with Gasteiger partial charge in [0.05, 0.1) is 15.6 Å². The number of anilines is 4. The van der Waals surface area contributed by atoms with Gasteiger partial charge in [-0.15, -0.1) is 0 Å². The molecule has 0 amide bonds. The zero-order chi connectivity index (χ0) is 23.2. The molecule has 0 spiro atoms. The molecule has 172 valence electrons. The maximum atomic E-state index is 10.7. The molecule has 1 saturated heterocycles. The second kappa shape index (κ2) is 10.5. The third kappa shape index (κ3) is 5.91. The highest BCUT2D eigenvalue weighted by Crippen LogP contribution is 2.30. The van der Waals surface area contributed by atoms with E-state index in [1.54, 1.807) is 18.3 Å². The standard InChI is InChI=1S/C21H22Cl2N8O2/c22-15-1-3-18(17(23)13-15)29-9-11-30(12-10-29)20-5-6-25-21(28-20)26-8-7-24-19-4-2-16(14-27-19)31(32)33/h1-6,13-14H,7-12H2,(H,24,27)(H,25,26,28). The molecule has 0 atom stereocenters. The Hall–Kier alpha value is -3.37. The van der Waals surface area contributed by atoms with Crippen molar-refractivity contribution >= 4 is 52.2 Å². The zero-order valence-corrected chi connectivity index (χ0v) is 19.1. The molecular formula is C21H22Cl2N8O2. The Balaban J connectivity index is 1.26. The van der Waals surface area contributed by atoms with Crippen LogP contribution in [0.2, 0.25) is 10.0 Å². The molecule has 10 nitrogen and oxygen atoms in total. The number of rotatable bonds is 8. The van der Waals surface area contributed by atoms with Crippen molar-refractivity contribution in [2.45, 2.75) is 0 Å². The summed E-state index contributed by atoms with van der Waals surface area (Å²) in [5.74, 6) is 1.96. The van der Waals surface area contributed by atoms with E-state index in [9.17, 15) is 10.1 Å². The molecule has 0 unspecified atom stereocenters. The first-order valence-corrected chi connectivity index (χ1v) is 11.1. The lowest BCUT2D eigenvalue weighted by Crippen LogP contribution is -2.47. The average molecular weight is 489 g/mol. The van der Waals surface area contributed by atoms with Crippen LogP contribution in [0.25, 0.3) is 0 Å². The first kappa shape index (κ1) is 22.8. The van der Waals surface area contributed by atoms with Gasteiger partial charge >= 0.3 is 0 Å². The van der Waals surface area contributed by atoms with Crippen LogP contribution in [-0.4, -0.2) is 59.1 Å². The molecule has 0 aliphatic carbocycles. The van der Waals surface area contributed by atoms with Crippen molar-refractivity contribution in [3.63, 3.8) is 0 Å². The highest BCUT2D eigenvalue weighted by molar-refractivity contribution is 6.36. The van der Waals surface area contributed by atoms with E-state index in [0.717, 1.165) is 37.7 Å². The van der Waals surface area contributed by atoms with Gasteiger partial charge in [-0.05, 0) is 30.3 Å². The van der Waals surface area contributed by atoms with Crippen LogP contribution in [-0.2, 0) is 0 Å². The molecule has 12 heteroatoms. The van der Waals surface area contributed by atoms with Gasteiger partial charge in [0.1, 0.15) is 17.8 Å². The Bertz CT molecular complexity index is 1110. The molecule has 1 fully saturated rings. The molecule has 4 rings (SSSR count). The average Bonchev–Trinajstić information content (AvgIpc) is 2.82.